The Kier molecular flexibility index (Phi) is 5.59. The van der Waals surface area contributed by atoms with E-state index in [0.29, 0.717) is 27.5 Å². The quantitative estimate of drug-likeness (QED) is 0.567. The summed E-state index contributed by atoms with van der Waals surface area (Å²) in [7, 11) is 0. The number of hydrogen-bond donors (Lipinski definition) is 1. The summed E-state index contributed by atoms with van der Waals surface area (Å²) in [6, 6.07) is 11.3. The average molecular weight is 397 g/mol. The highest BCUT2D eigenvalue weighted by Gasteiger charge is 2.22. The Morgan fingerprint density at radius 2 is 1.84 bits per heavy atom. The zero-order chi connectivity index (χ0) is 18.1. The van der Waals surface area contributed by atoms with Gasteiger partial charge < -0.3 is 10.3 Å². The molecule has 2 N–H and O–H groups in total. The van der Waals surface area contributed by atoms with Gasteiger partial charge in [0, 0.05) is 11.6 Å². The minimum Gasteiger partial charge on any atom is -0.322 e. The van der Waals surface area contributed by atoms with Gasteiger partial charge in [-0.2, -0.15) is 0 Å². The molecule has 1 heterocycles. The fourth-order valence-corrected chi connectivity index (χ4v) is 3.41. The van der Waals surface area contributed by atoms with E-state index in [1.165, 1.54) is 0 Å². The molecule has 0 saturated heterocycles. The number of hydrogen-bond acceptors (Lipinski definition) is 2. The molecular formula is C19H20Cl3N3. The predicted octanol–water partition coefficient (Wildman–Crippen LogP) is 6.09. The van der Waals surface area contributed by atoms with Crippen LogP contribution in [0.1, 0.15) is 37.7 Å². The van der Waals surface area contributed by atoms with Crippen LogP contribution in [0.25, 0.3) is 11.0 Å². The fraction of sp³-hybridized carbons (Fsp3) is 0.316. The Morgan fingerprint density at radius 1 is 1.12 bits per heavy atom. The van der Waals surface area contributed by atoms with Crippen LogP contribution < -0.4 is 5.73 Å². The summed E-state index contributed by atoms with van der Waals surface area (Å²) in [5.41, 5.74) is 9.29. The van der Waals surface area contributed by atoms with E-state index in [4.69, 9.17) is 45.5 Å². The zero-order valence-corrected chi connectivity index (χ0v) is 16.4. The molecule has 132 valence electrons. The monoisotopic (exact) mass is 395 g/mol. The van der Waals surface area contributed by atoms with Gasteiger partial charge in [-0.1, -0.05) is 67.2 Å². The van der Waals surface area contributed by atoms with Crippen molar-refractivity contribution < 1.29 is 0 Å². The van der Waals surface area contributed by atoms with E-state index in [1.54, 1.807) is 6.07 Å². The molecule has 0 aliphatic heterocycles. The number of halogens is 3. The van der Waals surface area contributed by atoms with E-state index in [0.717, 1.165) is 28.8 Å². The Balaban J connectivity index is 2.16. The summed E-state index contributed by atoms with van der Waals surface area (Å²) in [4.78, 5) is 4.76. The van der Waals surface area contributed by atoms with E-state index in [9.17, 15) is 0 Å². The van der Waals surface area contributed by atoms with Crippen LogP contribution in [0.5, 0.6) is 0 Å². The van der Waals surface area contributed by atoms with E-state index in [2.05, 4.69) is 18.4 Å². The number of aromatic nitrogens is 2. The highest BCUT2D eigenvalue weighted by atomic mass is 35.5. The lowest BCUT2D eigenvalue weighted by Crippen LogP contribution is -2.23. The van der Waals surface area contributed by atoms with Crippen LogP contribution >= 0.6 is 34.8 Å². The number of rotatable bonds is 5. The molecule has 0 radical (unpaired) electrons. The standard InChI is InChI=1S/C19H20Cl3N3/c1-3-11(2)18(23)19-24-16-8-14(21)15(22)9-17(16)25(19)10-12-5-4-6-13(20)7-12/h4-9,11,18H,3,10,23H2,1-2H3/t11?,18-/m0/s1. The molecule has 0 spiro atoms. The van der Waals surface area contributed by atoms with Crippen molar-refractivity contribution in [3.8, 4) is 0 Å². The van der Waals surface area contributed by atoms with Gasteiger partial charge in [0.1, 0.15) is 5.82 Å². The lowest BCUT2D eigenvalue weighted by atomic mass is 9.99. The third-order valence-corrected chi connectivity index (χ3v) is 5.56. The largest absolute Gasteiger partial charge is 0.322 e. The highest BCUT2D eigenvalue weighted by Crippen LogP contribution is 2.32. The maximum atomic E-state index is 6.50. The molecule has 0 saturated carbocycles. The summed E-state index contributed by atoms with van der Waals surface area (Å²) in [6.07, 6.45) is 0.975. The first kappa shape index (κ1) is 18.5. The van der Waals surface area contributed by atoms with E-state index in [-0.39, 0.29) is 6.04 Å². The minimum absolute atomic E-state index is 0.172. The molecule has 3 aromatic rings. The fourth-order valence-electron chi connectivity index (χ4n) is 2.89. The number of nitrogens with two attached hydrogens (primary N) is 1. The van der Waals surface area contributed by atoms with Crippen LogP contribution in [0.15, 0.2) is 36.4 Å². The summed E-state index contributed by atoms with van der Waals surface area (Å²) >= 11 is 18.5. The van der Waals surface area contributed by atoms with Crippen molar-refractivity contribution in [1.82, 2.24) is 9.55 Å². The van der Waals surface area contributed by atoms with Gasteiger partial charge in [-0.05, 0) is 35.7 Å². The molecule has 0 aliphatic rings. The Hall–Kier alpha value is -1.26. The molecule has 2 aromatic carbocycles. The van der Waals surface area contributed by atoms with Gasteiger partial charge in [-0.25, -0.2) is 4.98 Å². The second-order valence-corrected chi connectivity index (χ2v) is 7.60. The molecule has 1 unspecified atom stereocenters. The maximum Gasteiger partial charge on any atom is 0.127 e. The summed E-state index contributed by atoms with van der Waals surface area (Å²) in [6.45, 7) is 4.88. The molecule has 0 bridgehead atoms. The Labute approximate surface area is 162 Å². The van der Waals surface area contributed by atoms with Crippen molar-refractivity contribution in [3.05, 3.63) is 62.9 Å². The van der Waals surface area contributed by atoms with Gasteiger partial charge >= 0.3 is 0 Å². The van der Waals surface area contributed by atoms with Gasteiger partial charge in [-0.15, -0.1) is 0 Å². The summed E-state index contributed by atoms with van der Waals surface area (Å²) in [5.74, 6) is 1.14. The number of benzene rings is 2. The maximum absolute atomic E-state index is 6.50. The van der Waals surface area contributed by atoms with E-state index < -0.39 is 0 Å². The molecule has 3 nitrogen and oxygen atoms in total. The van der Waals surface area contributed by atoms with Crippen molar-refractivity contribution in [3.63, 3.8) is 0 Å². The topological polar surface area (TPSA) is 43.8 Å². The third-order valence-electron chi connectivity index (χ3n) is 4.60. The van der Waals surface area contributed by atoms with Gasteiger partial charge in [0.2, 0.25) is 0 Å². The Morgan fingerprint density at radius 3 is 2.52 bits per heavy atom. The van der Waals surface area contributed by atoms with Crippen LogP contribution in [0.2, 0.25) is 15.1 Å². The van der Waals surface area contributed by atoms with Gasteiger partial charge in [0.05, 0.1) is 27.1 Å². The second-order valence-electron chi connectivity index (χ2n) is 6.35. The van der Waals surface area contributed by atoms with E-state index in [1.807, 2.05) is 30.3 Å². The van der Waals surface area contributed by atoms with E-state index >= 15 is 0 Å². The summed E-state index contributed by atoms with van der Waals surface area (Å²) in [5, 5.41) is 1.70. The molecule has 3 rings (SSSR count). The highest BCUT2D eigenvalue weighted by molar-refractivity contribution is 6.42. The first-order valence-corrected chi connectivity index (χ1v) is 9.39. The molecule has 25 heavy (non-hydrogen) atoms. The van der Waals surface area contributed by atoms with Gasteiger partial charge in [0.15, 0.2) is 0 Å². The van der Waals surface area contributed by atoms with Crippen LogP contribution in [-0.4, -0.2) is 9.55 Å². The van der Waals surface area contributed by atoms with Crippen LogP contribution in [0.3, 0.4) is 0 Å². The lowest BCUT2D eigenvalue weighted by molar-refractivity contribution is 0.428. The molecule has 0 amide bonds. The molecular weight excluding hydrogens is 377 g/mol. The van der Waals surface area contributed by atoms with Crippen molar-refractivity contribution in [2.24, 2.45) is 11.7 Å². The van der Waals surface area contributed by atoms with Crippen LogP contribution in [0, 0.1) is 5.92 Å². The van der Waals surface area contributed by atoms with Crippen molar-refractivity contribution >= 4 is 45.8 Å². The number of fused-ring (bicyclic) bond motifs is 1. The normalized spacial score (nSPS) is 14.0. The van der Waals surface area contributed by atoms with Crippen LogP contribution in [-0.2, 0) is 6.54 Å². The van der Waals surface area contributed by atoms with Crippen LogP contribution in [0.4, 0.5) is 0 Å². The number of nitrogens with zero attached hydrogens (tertiary/aromatic N) is 2. The molecule has 6 heteroatoms. The van der Waals surface area contributed by atoms with Crippen molar-refractivity contribution in [2.45, 2.75) is 32.9 Å². The number of imidazole rings is 1. The third kappa shape index (κ3) is 3.80. The molecule has 2 atom stereocenters. The Bertz CT molecular complexity index is 904. The smallest absolute Gasteiger partial charge is 0.127 e. The van der Waals surface area contributed by atoms with Gasteiger partial charge in [0.25, 0.3) is 0 Å². The SMILES string of the molecule is CCC(C)[C@H](N)c1nc2cc(Cl)c(Cl)cc2n1Cc1cccc(Cl)c1. The van der Waals surface area contributed by atoms with Crippen molar-refractivity contribution in [2.75, 3.05) is 0 Å². The molecule has 0 aliphatic carbocycles. The second kappa shape index (κ2) is 7.55. The first-order valence-electron chi connectivity index (χ1n) is 8.26. The van der Waals surface area contributed by atoms with Gasteiger partial charge in [-0.3, -0.25) is 0 Å². The predicted molar refractivity (Wildman–Crippen MR) is 107 cm³/mol. The zero-order valence-electron chi connectivity index (χ0n) is 14.1. The molecule has 1 aromatic heterocycles. The average Bonchev–Trinajstić information content (AvgIpc) is 2.91. The van der Waals surface area contributed by atoms with Crippen molar-refractivity contribution in [1.29, 1.82) is 0 Å². The summed E-state index contributed by atoms with van der Waals surface area (Å²) < 4.78 is 2.11. The first-order chi connectivity index (χ1) is 11.9. The lowest BCUT2D eigenvalue weighted by Gasteiger charge is -2.20. The minimum atomic E-state index is -0.172. The molecule has 0 fully saturated rings.